The smallest absolute Gasteiger partial charge is 0.196 e. The molecule has 0 atom stereocenters. The molecule has 2 N–H and O–H groups in total. The summed E-state index contributed by atoms with van der Waals surface area (Å²) >= 11 is 1.68. The van der Waals surface area contributed by atoms with Crippen LogP contribution >= 0.6 is 11.3 Å². The molecule has 0 fully saturated rings. The molecular weight excluding hydrogens is 230 g/mol. The standard InChI is InChI=1S/C13H13N3S/c1-8-12(14)16-11(9(2)17-13(16)15-8)10-6-4-3-5-7-10/h3-7H,14H2,1-2H3. The summed E-state index contributed by atoms with van der Waals surface area (Å²) in [6.45, 7) is 4.05. The van der Waals surface area contributed by atoms with E-state index in [2.05, 4.69) is 24.0 Å². The molecule has 2 heterocycles. The van der Waals surface area contributed by atoms with Gasteiger partial charge >= 0.3 is 0 Å². The predicted molar refractivity (Wildman–Crippen MR) is 72.4 cm³/mol. The molecule has 0 amide bonds. The fraction of sp³-hybridized carbons (Fsp3) is 0.154. The van der Waals surface area contributed by atoms with Crippen LogP contribution in [0.1, 0.15) is 10.6 Å². The summed E-state index contributed by atoms with van der Waals surface area (Å²) in [5, 5.41) is 0. The summed E-state index contributed by atoms with van der Waals surface area (Å²) in [6.07, 6.45) is 0. The molecule has 0 aliphatic heterocycles. The van der Waals surface area contributed by atoms with Gasteiger partial charge < -0.3 is 5.73 Å². The summed E-state index contributed by atoms with van der Waals surface area (Å²) in [4.78, 5) is 6.69. The van der Waals surface area contributed by atoms with Crippen molar-refractivity contribution in [2.24, 2.45) is 0 Å². The number of imidazole rings is 1. The van der Waals surface area contributed by atoms with Crippen LogP contribution in [-0.4, -0.2) is 9.38 Å². The maximum absolute atomic E-state index is 6.10. The fourth-order valence-electron chi connectivity index (χ4n) is 2.07. The summed E-state index contributed by atoms with van der Waals surface area (Å²) in [5.41, 5.74) is 9.33. The number of hydrogen-bond donors (Lipinski definition) is 1. The molecule has 0 aliphatic rings. The van der Waals surface area contributed by atoms with Gasteiger partial charge in [0, 0.05) is 4.88 Å². The molecule has 3 aromatic rings. The van der Waals surface area contributed by atoms with Crippen LogP contribution in [0, 0.1) is 13.8 Å². The van der Waals surface area contributed by atoms with Gasteiger partial charge in [-0.05, 0) is 19.4 Å². The molecule has 0 unspecified atom stereocenters. The maximum Gasteiger partial charge on any atom is 0.196 e. The highest BCUT2D eigenvalue weighted by atomic mass is 32.1. The molecule has 3 nitrogen and oxygen atoms in total. The Morgan fingerprint density at radius 2 is 1.88 bits per heavy atom. The van der Waals surface area contributed by atoms with Gasteiger partial charge in [-0.25, -0.2) is 4.98 Å². The Morgan fingerprint density at radius 3 is 2.59 bits per heavy atom. The van der Waals surface area contributed by atoms with Gasteiger partial charge in [0.2, 0.25) is 0 Å². The molecular formula is C13H13N3S. The average Bonchev–Trinajstić information content (AvgIpc) is 2.77. The van der Waals surface area contributed by atoms with Gasteiger partial charge in [-0.3, -0.25) is 4.40 Å². The third-order valence-corrected chi connectivity index (χ3v) is 3.87. The minimum Gasteiger partial charge on any atom is -0.383 e. The number of nitrogen functional groups attached to an aromatic ring is 1. The minimum absolute atomic E-state index is 0.739. The van der Waals surface area contributed by atoms with Gasteiger partial charge in [-0.2, -0.15) is 0 Å². The van der Waals surface area contributed by atoms with Gasteiger partial charge in [0.1, 0.15) is 5.82 Å². The van der Waals surface area contributed by atoms with Crippen LogP contribution in [-0.2, 0) is 0 Å². The lowest BCUT2D eigenvalue weighted by molar-refractivity contribution is 1.22. The number of hydrogen-bond acceptors (Lipinski definition) is 3. The highest BCUT2D eigenvalue weighted by Crippen LogP contribution is 2.33. The number of thiazole rings is 1. The topological polar surface area (TPSA) is 43.3 Å². The first kappa shape index (κ1) is 10.4. The van der Waals surface area contributed by atoms with E-state index in [1.54, 1.807) is 11.3 Å². The number of benzene rings is 1. The lowest BCUT2D eigenvalue weighted by Gasteiger charge is -2.03. The van der Waals surface area contributed by atoms with Crippen molar-refractivity contribution in [1.82, 2.24) is 9.38 Å². The fourth-order valence-corrected chi connectivity index (χ4v) is 3.11. The Labute approximate surface area is 104 Å². The predicted octanol–water partition coefficient (Wildman–Crippen LogP) is 3.26. The van der Waals surface area contributed by atoms with Gasteiger partial charge in [-0.1, -0.05) is 30.3 Å². The van der Waals surface area contributed by atoms with Crippen LogP contribution in [0.25, 0.3) is 16.2 Å². The van der Waals surface area contributed by atoms with Crippen molar-refractivity contribution in [3.05, 3.63) is 40.9 Å². The van der Waals surface area contributed by atoms with Crippen molar-refractivity contribution in [3.8, 4) is 11.3 Å². The summed E-state index contributed by atoms with van der Waals surface area (Å²) < 4.78 is 2.05. The van der Waals surface area contributed by atoms with Gasteiger partial charge in [0.25, 0.3) is 0 Å². The van der Waals surface area contributed by atoms with Crippen molar-refractivity contribution in [3.63, 3.8) is 0 Å². The van der Waals surface area contributed by atoms with Gasteiger partial charge in [-0.15, -0.1) is 11.3 Å². The number of aromatic nitrogens is 2. The number of nitrogens with zero attached hydrogens (tertiary/aromatic N) is 2. The Kier molecular flexibility index (Phi) is 2.19. The molecule has 0 aliphatic carbocycles. The molecule has 0 saturated carbocycles. The number of anilines is 1. The first-order valence-corrected chi connectivity index (χ1v) is 6.29. The van der Waals surface area contributed by atoms with E-state index in [0.717, 1.165) is 22.2 Å². The Hall–Kier alpha value is -1.81. The van der Waals surface area contributed by atoms with E-state index in [4.69, 9.17) is 5.73 Å². The van der Waals surface area contributed by atoms with Crippen LogP contribution in [0.15, 0.2) is 30.3 Å². The van der Waals surface area contributed by atoms with E-state index in [0.29, 0.717) is 0 Å². The molecule has 0 bridgehead atoms. The van der Waals surface area contributed by atoms with E-state index >= 15 is 0 Å². The second-order valence-electron chi connectivity index (χ2n) is 4.07. The first-order valence-electron chi connectivity index (χ1n) is 5.48. The van der Waals surface area contributed by atoms with Crippen LogP contribution in [0.5, 0.6) is 0 Å². The largest absolute Gasteiger partial charge is 0.383 e. The quantitative estimate of drug-likeness (QED) is 0.713. The van der Waals surface area contributed by atoms with Crippen LogP contribution in [0.3, 0.4) is 0 Å². The molecule has 86 valence electrons. The van der Waals surface area contributed by atoms with E-state index in [-0.39, 0.29) is 0 Å². The Bertz CT molecular complexity index is 680. The first-order chi connectivity index (χ1) is 8.18. The van der Waals surface area contributed by atoms with Crippen LogP contribution in [0.2, 0.25) is 0 Å². The third-order valence-electron chi connectivity index (χ3n) is 2.91. The van der Waals surface area contributed by atoms with E-state index in [1.807, 2.05) is 29.5 Å². The number of aryl methyl sites for hydroxylation is 2. The SMILES string of the molecule is Cc1nc2sc(C)c(-c3ccccc3)n2c1N. The molecule has 0 radical (unpaired) electrons. The molecule has 3 rings (SSSR count). The molecule has 2 aromatic heterocycles. The summed E-state index contributed by atoms with van der Waals surface area (Å²) in [5.74, 6) is 0.739. The summed E-state index contributed by atoms with van der Waals surface area (Å²) in [6, 6.07) is 10.3. The zero-order valence-corrected chi connectivity index (χ0v) is 10.6. The van der Waals surface area contributed by atoms with Crippen LogP contribution < -0.4 is 5.73 Å². The number of nitrogens with two attached hydrogens (primary N) is 1. The molecule has 4 heteroatoms. The molecule has 0 saturated heterocycles. The lowest BCUT2D eigenvalue weighted by atomic mass is 10.1. The van der Waals surface area contributed by atoms with E-state index in [9.17, 15) is 0 Å². The minimum atomic E-state index is 0.739. The van der Waals surface area contributed by atoms with Crippen LogP contribution in [0.4, 0.5) is 5.82 Å². The second kappa shape index (κ2) is 3.60. The van der Waals surface area contributed by atoms with Crippen molar-refractivity contribution in [1.29, 1.82) is 0 Å². The monoisotopic (exact) mass is 243 g/mol. The van der Waals surface area contributed by atoms with Crippen molar-refractivity contribution in [2.75, 3.05) is 5.73 Å². The zero-order chi connectivity index (χ0) is 12.0. The number of fused-ring (bicyclic) bond motifs is 1. The van der Waals surface area contributed by atoms with Crippen molar-refractivity contribution >= 4 is 22.1 Å². The van der Waals surface area contributed by atoms with Crippen molar-refractivity contribution in [2.45, 2.75) is 13.8 Å². The van der Waals surface area contributed by atoms with Crippen molar-refractivity contribution < 1.29 is 0 Å². The zero-order valence-electron chi connectivity index (χ0n) is 9.77. The average molecular weight is 243 g/mol. The second-order valence-corrected chi connectivity index (χ2v) is 5.25. The molecule has 0 spiro atoms. The third kappa shape index (κ3) is 1.45. The van der Waals surface area contributed by atoms with E-state index in [1.165, 1.54) is 10.4 Å². The Balaban J connectivity index is 2.39. The Morgan fingerprint density at radius 1 is 1.18 bits per heavy atom. The molecule has 17 heavy (non-hydrogen) atoms. The lowest BCUT2D eigenvalue weighted by Crippen LogP contribution is -1.95. The highest BCUT2D eigenvalue weighted by Gasteiger charge is 2.15. The van der Waals surface area contributed by atoms with Gasteiger partial charge in [0.15, 0.2) is 4.96 Å². The number of rotatable bonds is 1. The summed E-state index contributed by atoms with van der Waals surface area (Å²) in [7, 11) is 0. The highest BCUT2D eigenvalue weighted by molar-refractivity contribution is 7.17. The normalized spacial score (nSPS) is 11.2. The van der Waals surface area contributed by atoms with Gasteiger partial charge in [0.05, 0.1) is 11.4 Å². The van der Waals surface area contributed by atoms with E-state index < -0.39 is 0 Å². The maximum atomic E-state index is 6.10. The molecule has 1 aromatic carbocycles.